The third kappa shape index (κ3) is 4.73. The highest BCUT2D eigenvalue weighted by molar-refractivity contribution is 5.97. The molecule has 0 saturated carbocycles. The predicted molar refractivity (Wildman–Crippen MR) is 69.7 cm³/mol. The monoisotopic (exact) mass is 252 g/mol. The number of ether oxygens (including phenoxy) is 2. The van der Waals surface area contributed by atoms with E-state index in [1.54, 1.807) is 6.07 Å². The van der Waals surface area contributed by atoms with Gasteiger partial charge in [0.05, 0.1) is 19.3 Å². The summed E-state index contributed by atoms with van der Waals surface area (Å²) in [6.07, 6.45) is 0.0393. The van der Waals surface area contributed by atoms with E-state index in [-0.39, 0.29) is 11.9 Å². The Balaban J connectivity index is 2.52. The van der Waals surface area contributed by atoms with E-state index in [2.05, 4.69) is 5.16 Å². The standard InChI is InChI=1S/C13H20N2O3/c1-3-17-8-10(2)18-9-11-5-4-6-12(7-11)13(14)15-16/h4-7,10,16H,3,8-9H2,1-2H3,(H2,14,15). The van der Waals surface area contributed by atoms with E-state index >= 15 is 0 Å². The normalized spacial score (nSPS) is 13.6. The molecular formula is C13H20N2O3. The van der Waals surface area contributed by atoms with E-state index in [0.717, 1.165) is 5.56 Å². The Kier molecular flexibility index (Phi) is 6.18. The summed E-state index contributed by atoms with van der Waals surface area (Å²) in [7, 11) is 0. The minimum atomic E-state index is 0.0393. The van der Waals surface area contributed by atoms with Gasteiger partial charge in [0.1, 0.15) is 0 Å². The van der Waals surface area contributed by atoms with E-state index < -0.39 is 0 Å². The molecule has 0 spiro atoms. The van der Waals surface area contributed by atoms with Gasteiger partial charge in [-0.15, -0.1) is 0 Å². The zero-order valence-electron chi connectivity index (χ0n) is 10.8. The van der Waals surface area contributed by atoms with Gasteiger partial charge in [0.2, 0.25) is 0 Å². The van der Waals surface area contributed by atoms with Crippen LogP contribution in [0.3, 0.4) is 0 Å². The van der Waals surface area contributed by atoms with Crippen LogP contribution in [0.5, 0.6) is 0 Å². The lowest BCUT2D eigenvalue weighted by Crippen LogP contribution is -2.16. The van der Waals surface area contributed by atoms with E-state index in [1.807, 2.05) is 32.0 Å². The van der Waals surface area contributed by atoms with Gasteiger partial charge in [0.15, 0.2) is 5.84 Å². The van der Waals surface area contributed by atoms with Crippen molar-refractivity contribution in [3.05, 3.63) is 35.4 Å². The average molecular weight is 252 g/mol. The summed E-state index contributed by atoms with van der Waals surface area (Å²) in [5.41, 5.74) is 7.18. The van der Waals surface area contributed by atoms with Crippen LogP contribution < -0.4 is 5.73 Å². The molecule has 0 bridgehead atoms. The first-order chi connectivity index (χ1) is 8.67. The summed E-state index contributed by atoms with van der Waals surface area (Å²) >= 11 is 0. The summed E-state index contributed by atoms with van der Waals surface area (Å²) < 4.78 is 10.9. The van der Waals surface area contributed by atoms with Crippen molar-refractivity contribution in [1.29, 1.82) is 0 Å². The Morgan fingerprint density at radius 3 is 2.94 bits per heavy atom. The third-order valence-electron chi connectivity index (χ3n) is 2.42. The van der Waals surface area contributed by atoms with Crippen molar-refractivity contribution >= 4 is 5.84 Å². The average Bonchev–Trinajstić information content (AvgIpc) is 2.42. The summed E-state index contributed by atoms with van der Waals surface area (Å²) in [6, 6.07) is 7.39. The highest BCUT2D eigenvalue weighted by Gasteiger charge is 2.04. The van der Waals surface area contributed by atoms with Crippen molar-refractivity contribution in [2.75, 3.05) is 13.2 Å². The summed E-state index contributed by atoms with van der Waals surface area (Å²) in [5.74, 6) is 0.0965. The molecule has 0 fully saturated rings. The highest BCUT2D eigenvalue weighted by atomic mass is 16.5. The first-order valence-corrected chi connectivity index (χ1v) is 5.93. The fourth-order valence-corrected chi connectivity index (χ4v) is 1.45. The van der Waals surface area contributed by atoms with Crippen LogP contribution >= 0.6 is 0 Å². The largest absolute Gasteiger partial charge is 0.409 e. The van der Waals surface area contributed by atoms with Crippen LogP contribution in [0.15, 0.2) is 29.4 Å². The second-order valence-corrected chi connectivity index (χ2v) is 3.97. The number of hydrogen-bond acceptors (Lipinski definition) is 4. The maximum atomic E-state index is 8.61. The van der Waals surface area contributed by atoms with Crippen molar-refractivity contribution in [3.63, 3.8) is 0 Å². The van der Waals surface area contributed by atoms with E-state index in [0.29, 0.717) is 25.4 Å². The van der Waals surface area contributed by atoms with Crippen molar-refractivity contribution in [1.82, 2.24) is 0 Å². The van der Waals surface area contributed by atoms with Crippen molar-refractivity contribution in [2.45, 2.75) is 26.6 Å². The minimum Gasteiger partial charge on any atom is -0.409 e. The van der Waals surface area contributed by atoms with Crippen molar-refractivity contribution in [2.24, 2.45) is 10.9 Å². The molecule has 0 aliphatic carbocycles. The lowest BCUT2D eigenvalue weighted by molar-refractivity contribution is -0.0116. The molecule has 1 unspecified atom stereocenters. The molecule has 100 valence electrons. The van der Waals surface area contributed by atoms with Gasteiger partial charge >= 0.3 is 0 Å². The van der Waals surface area contributed by atoms with Crippen molar-refractivity contribution in [3.8, 4) is 0 Å². The highest BCUT2D eigenvalue weighted by Crippen LogP contribution is 2.08. The SMILES string of the molecule is CCOCC(C)OCc1cccc(/C(N)=N/O)c1. The van der Waals surface area contributed by atoms with Gasteiger partial charge in [0, 0.05) is 12.2 Å². The van der Waals surface area contributed by atoms with Crippen LogP contribution in [-0.4, -0.2) is 30.4 Å². The topological polar surface area (TPSA) is 77.1 Å². The minimum absolute atomic E-state index is 0.0393. The van der Waals surface area contributed by atoms with Crippen LogP contribution in [0.1, 0.15) is 25.0 Å². The summed E-state index contributed by atoms with van der Waals surface area (Å²) in [4.78, 5) is 0. The van der Waals surface area contributed by atoms with Gasteiger partial charge in [-0.3, -0.25) is 0 Å². The van der Waals surface area contributed by atoms with Gasteiger partial charge < -0.3 is 20.4 Å². The maximum absolute atomic E-state index is 8.61. The molecule has 1 rings (SSSR count). The number of amidine groups is 1. The number of hydrogen-bond donors (Lipinski definition) is 2. The summed E-state index contributed by atoms with van der Waals surface area (Å²) in [5, 5.41) is 11.6. The molecule has 0 aliphatic rings. The Labute approximate surface area is 107 Å². The predicted octanol–water partition coefficient (Wildman–Crippen LogP) is 1.72. The van der Waals surface area contributed by atoms with Gasteiger partial charge in [-0.05, 0) is 25.5 Å². The second-order valence-electron chi connectivity index (χ2n) is 3.97. The Bertz CT molecular complexity index is 394. The third-order valence-corrected chi connectivity index (χ3v) is 2.42. The van der Waals surface area contributed by atoms with Gasteiger partial charge in [-0.2, -0.15) is 0 Å². The van der Waals surface area contributed by atoms with Crippen LogP contribution in [0.4, 0.5) is 0 Å². The van der Waals surface area contributed by atoms with Crippen LogP contribution in [0, 0.1) is 0 Å². The molecule has 5 nitrogen and oxygen atoms in total. The number of nitrogens with zero attached hydrogens (tertiary/aromatic N) is 1. The number of nitrogens with two attached hydrogens (primary N) is 1. The molecular weight excluding hydrogens is 232 g/mol. The van der Waals surface area contributed by atoms with Crippen LogP contribution in [-0.2, 0) is 16.1 Å². The number of rotatable bonds is 7. The van der Waals surface area contributed by atoms with Gasteiger partial charge in [-0.25, -0.2) is 0 Å². The van der Waals surface area contributed by atoms with E-state index in [9.17, 15) is 0 Å². The van der Waals surface area contributed by atoms with Crippen molar-refractivity contribution < 1.29 is 14.7 Å². The second kappa shape index (κ2) is 7.68. The smallest absolute Gasteiger partial charge is 0.170 e. The molecule has 3 N–H and O–H groups in total. The Morgan fingerprint density at radius 2 is 2.28 bits per heavy atom. The van der Waals surface area contributed by atoms with Crippen LogP contribution in [0.25, 0.3) is 0 Å². The molecule has 1 aromatic carbocycles. The molecule has 0 saturated heterocycles. The molecule has 0 heterocycles. The molecule has 5 heteroatoms. The number of benzene rings is 1. The molecule has 0 radical (unpaired) electrons. The Hall–Kier alpha value is -1.59. The van der Waals surface area contributed by atoms with E-state index in [4.69, 9.17) is 20.4 Å². The molecule has 0 aromatic heterocycles. The lowest BCUT2D eigenvalue weighted by atomic mass is 10.1. The summed E-state index contributed by atoms with van der Waals surface area (Å²) in [6.45, 7) is 5.65. The fraction of sp³-hybridized carbons (Fsp3) is 0.462. The zero-order valence-corrected chi connectivity index (χ0v) is 10.8. The Morgan fingerprint density at radius 1 is 1.50 bits per heavy atom. The van der Waals surface area contributed by atoms with E-state index in [1.165, 1.54) is 0 Å². The first kappa shape index (κ1) is 14.5. The molecule has 0 aliphatic heterocycles. The number of oxime groups is 1. The molecule has 0 amide bonds. The molecule has 1 atom stereocenters. The van der Waals surface area contributed by atoms with Crippen LogP contribution in [0.2, 0.25) is 0 Å². The fourth-order valence-electron chi connectivity index (χ4n) is 1.45. The maximum Gasteiger partial charge on any atom is 0.170 e. The molecule has 1 aromatic rings. The van der Waals surface area contributed by atoms with Gasteiger partial charge in [0.25, 0.3) is 0 Å². The lowest BCUT2D eigenvalue weighted by Gasteiger charge is -2.13. The first-order valence-electron chi connectivity index (χ1n) is 5.93. The quantitative estimate of drug-likeness (QED) is 0.335. The van der Waals surface area contributed by atoms with Gasteiger partial charge in [-0.1, -0.05) is 23.4 Å². The zero-order chi connectivity index (χ0) is 13.4. The molecule has 18 heavy (non-hydrogen) atoms.